The molecule has 2 heterocycles. The number of anilines is 1. The van der Waals surface area contributed by atoms with Gasteiger partial charge in [-0.25, -0.2) is 0 Å². The maximum atomic E-state index is 12.2. The van der Waals surface area contributed by atoms with E-state index in [0.29, 0.717) is 0 Å². The van der Waals surface area contributed by atoms with Crippen molar-refractivity contribution < 1.29 is 9.53 Å². The molecule has 0 saturated carbocycles. The molecule has 0 aliphatic rings. The minimum Gasteiger partial charge on any atom is -0.497 e. The summed E-state index contributed by atoms with van der Waals surface area (Å²) in [6.07, 6.45) is 3.14. The third-order valence-corrected chi connectivity index (χ3v) is 5.80. The van der Waals surface area contributed by atoms with Gasteiger partial charge in [0.05, 0.1) is 7.11 Å². The Kier molecular flexibility index (Phi) is 6.24. The molecule has 32 heavy (non-hydrogen) atoms. The lowest BCUT2D eigenvalue weighted by molar-refractivity contribution is -0.115. The number of hydrogen-bond acceptors (Lipinski definition) is 7. The van der Waals surface area contributed by atoms with Crippen LogP contribution in [-0.2, 0) is 4.79 Å². The van der Waals surface area contributed by atoms with Gasteiger partial charge in [-0.1, -0.05) is 23.5 Å². The van der Waals surface area contributed by atoms with Gasteiger partial charge in [-0.15, -0.1) is 10.2 Å². The molecule has 4 rings (SSSR count). The number of rotatable bonds is 5. The van der Waals surface area contributed by atoms with E-state index in [-0.39, 0.29) is 11.0 Å². The standard InChI is InChI=1S/C22H20N6O2S2/c1-13-12-16(20-27-28-14(2)25-26-22(28)32-20)7-10-18(13)23-21(31)24-19(29)11-6-15-4-8-17(30-3)9-5-15/h4-12H,1-3H3,(H2,23,24,29,31)/b11-6+. The molecular weight excluding hydrogens is 444 g/mol. The van der Waals surface area contributed by atoms with Gasteiger partial charge in [-0.2, -0.15) is 9.61 Å². The molecule has 162 valence electrons. The predicted octanol–water partition coefficient (Wildman–Crippen LogP) is 4.00. The molecule has 8 nitrogen and oxygen atoms in total. The second-order valence-electron chi connectivity index (χ2n) is 6.93. The first-order chi connectivity index (χ1) is 15.4. The van der Waals surface area contributed by atoms with E-state index in [1.165, 1.54) is 17.4 Å². The van der Waals surface area contributed by atoms with Gasteiger partial charge >= 0.3 is 0 Å². The average Bonchev–Trinajstić information content (AvgIpc) is 3.36. The highest BCUT2D eigenvalue weighted by Gasteiger charge is 2.12. The highest BCUT2D eigenvalue weighted by molar-refractivity contribution is 7.80. The van der Waals surface area contributed by atoms with Gasteiger partial charge in [-0.05, 0) is 73.6 Å². The second-order valence-corrected chi connectivity index (χ2v) is 8.29. The maximum absolute atomic E-state index is 12.2. The summed E-state index contributed by atoms with van der Waals surface area (Å²) in [5.74, 6) is 1.19. The lowest BCUT2D eigenvalue weighted by Crippen LogP contribution is -2.33. The summed E-state index contributed by atoms with van der Waals surface area (Å²) >= 11 is 6.76. The van der Waals surface area contributed by atoms with Gasteiger partial charge in [0.25, 0.3) is 0 Å². The van der Waals surface area contributed by atoms with E-state index in [1.807, 2.05) is 56.3 Å². The Bertz CT molecular complexity index is 1320. The SMILES string of the molecule is COc1ccc(/C=C/C(=O)NC(=S)Nc2ccc(-c3nn4c(C)nnc4s3)cc2C)cc1. The number of nitrogens with one attached hydrogen (secondary N) is 2. The van der Waals surface area contributed by atoms with Gasteiger partial charge < -0.3 is 10.1 Å². The molecule has 0 bridgehead atoms. The second kappa shape index (κ2) is 9.25. The van der Waals surface area contributed by atoms with Crippen molar-refractivity contribution in [3.63, 3.8) is 0 Å². The van der Waals surface area contributed by atoms with Crippen LogP contribution in [0, 0.1) is 13.8 Å². The molecule has 0 saturated heterocycles. The average molecular weight is 465 g/mol. The molecule has 10 heteroatoms. The molecule has 1 amide bonds. The number of thiocarbonyl (C=S) groups is 1. The van der Waals surface area contributed by atoms with Crippen LogP contribution in [0.5, 0.6) is 5.75 Å². The van der Waals surface area contributed by atoms with E-state index in [9.17, 15) is 4.79 Å². The molecule has 0 aliphatic heterocycles. The van der Waals surface area contributed by atoms with Gasteiger partial charge in [0.15, 0.2) is 10.9 Å². The zero-order chi connectivity index (χ0) is 22.7. The first-order valence-electron chi connectivity index (χ1n) is 9.67. The summed E-state index contributed by atoms with van der Waals surface area (Å²) in [6.45, 7) is 3.83. The van der Waals surface area contributed by atoms with E-state index < -0.39 is 0 Å². The number of methoxy groups -OCH3 is 1. The smallest absolute Gasteiger partial charge is 0.250 e. The highest BCUT2D eigenvalue weighted by Crippen LogP contribution is 2.28. The number of nitrogens with zero attached hydrogens (tertiary/aromatic N) is 4. The van der Waals surface area contributed by atoms with Crippen molar-refractivity contribution in [1.82, 2.24) is 25.1 Å². The normalized spacial score (nSPS) is 11.1. The summed E-state index contributed by atoms with van der Waals surface area (Å²) in [7, 11) is 1.61. The first kappa shape index (κ1) is 21.6. The van der Waals surface area contributed by atoms with Crippen LogP contribution >= 0.6 is 23.6 Å². The van der Waals surface area contributed by atoms with E-state index in [2.05, 4.69) is 25.9 Å². The molecular formula is C22H20N6O2S2. The fourth-order valence-electron chi connectivity index (χ4n) is 2.96. The van der Waals surface area contributed by atoms with Crippen molar-refractivity contribution in [1.29, 1.82) is 0 Å². The third kappa shape index (κ3) is 4.82. The highest BCUT2D eigenvalue weighted by atomic mass is 32.1. The Morgan fingerprint density at radius 2 is 1.94 bits per heavy atom. The quantitative estimate of drug-likeness (QED) is 0.341. The molecule has 0 spiro atoms. The molecule has 4 aromatic rings. The summed E-state index contributed by atoms with van der Waals surface area (Å²) < 4.78 is 6.85. The number of hydrogen-bond donors (Lipinski definition) is 2. The van der Waals surface area contributed by atoms with Crippen molar-refractivity contribution >= 4 is 51.3 Å². The number of aryl methyl sites for hydroxylation is 2. The number of carbonyl (C=O) groups excluding carboxylic acids is 1. The van der Waals surface area contributed by atoms with Crippen LogP contribution in [0.25, 0.3) is 21.6 Å². The zero-order valence-corrected chi connectivity index (χ0v) is 19.3. The van der Waals surface area contributed by atoms with Crippen molar-refractivity contribution in [2.45, 2.75) is 13.8 Å². The van der Waals surface area contributed by atoms with Crippen LogP contribution in [0.15, 0.2) is 48.5 Å². The number of carbonyl (C=O) groups is 1. The minimum atomic E-state index is -0.317. The Morgan fingerprint density at radius 1 is 1.16 bits per heavy atom. The lowest BCUT2D eigenvalue weighted by Gasteiger charge is -2.11. The molecule has 0 aliphatic carbocycles. The fraction of sp³-hybridized carbons (Fsp3) is 0.136. The van der Waals surface area contributed by atoms with Crippen molar-refractivity contribution in [3.05, 3.63) is 65.5 Å². The van der Waals surface area contributed by atoms with Gasteiger partial charge in [0, 0.05) is 17.3 Å². The molecule has 0 radical (unpaired) electrons. The Morgan fingerprint density at radius 3 is 2.62 bits per heavy atom. The summed E-state index contributed by atoms with van der Waals surface area (Å²) in [5.41, 5.74) is 3.63. The molecule has 0 fully saturated rings. The van der Waals surface area contributed by atoms with E-state index >= 15 is 0 Å². The molecule has 2 N–H and O–H groups in total. The van der Waals surface area contributed by atoms with Crippen LogP contribution < -0.4 is 15.4 Å². The number of aromatic nitrogens is 4. The molecule has 0 atom stereocenters. The lowest BCUT2D eigenvalue weighted by atomic mass is 10.1. The minimum absolute atomic E-state index is 0.222. The van der Waals surface area contributed by atoms with Gasteiger partial charge in [0.1, 0.15) is 10.8 Å². The number of amides is 1. The van der Waals surface area contributed by atoms with Crippen molar-refractivity contribution in [3.8, 4) is 16.3 Å². The molecule has 2 aromatic heterocycles. The van der Waals surface area contributed by atoms with Crippen molar-refractivity contribution in [2.75, 3.05) is 12.4 Å². The molecule has 2 aromatic carbocycles. The Labute approximate surface area is 193 Å². The van der Waals surface area contributed by atoms with Crippen molar-refractivity contribution in [2.24, 2.45) is 0 Å². The van der Waals surface area contributed by atoms with Crippen LogP contribution in [0.1, 0.15) is 17.0 Å². The van der Waals surface area contributed by atoms with Gasteiger partial charge in [0.2, 0.25) is 10.9 Å². The summed E-state index contributed by atoms with van der Waals surface area (Å²) in [6, 6.07) is 13.3. The Balaban J connectivity index is 1.38. The predicted molar refractivity (Wildman–Crippen MR) is 130 cm³/mol. The third-order valence-electron chi connectivity index (χ3n) is 4.65. The molecule has 0 unspecified atom stereocenters. The van der Waals surface area contributed by atoms with Crippen LogP contribution in [0.4, 0.5) is 5.69 Å². The van der Waals surface area contributed by atoms with Crippen LogP contribution in [-0.4, -0.2) is 37.9 Å². The zero-order valence-electron chi connectivity index (χ0n) is 17.6. The number of benzene rings is 2. The van der Waals surface area contributed by atoms with E-state index in [1.54, 1.807) is 17.7 Å². The van der Waals surface area contributed by atoms with Crippen LogP contribution in [0.2, 0.25) is 0 Å². The topological polar surface area (TPSA) is 93.4 Å². The van der Waals surface area contributed by atoms with E-state index in [0.717, 1.165) is 43.9 Å². The number of fused-ring (bicyclic) bond motifs is 1. The van der Waals surface area contributed by atoms with E-state index in [4.69, 9.17) is 17.0 Å². The largest absolute Gasteiger partial charge is 0.497 e. The monoisotopic (exact) mass is 464 g/mol. The van der Waals surface area contributed by atoms with Crippen LogP contribution in [0.3, 0.4) is 0 Å². The first-order valence-corrected chi connectivity index (χ1v) is 10.9. The fourth-order valence-corrected chi connectivity index (χ4v) is 4.05. The Hall–Kier alpha value is -3.63. The maximum Gasteiger partial charge on any atom is 0.250 e. The summed E-state index contributed by atoms with van der Waals surface area (Å²) in [5, 5.41) is 19.5. The number of ether oxygens (including phenoxy) is 1. The van der Waals surface area contributed by atoms with Gasteiger partial charge in [-0.3, -0.25) is 10.1 Å². The summed E-state index contributed by atoms with van der Waals surface area (Å²) in [4.78, 5) is 12.9.